The van der Waals surface area contributed by atoms with E-state index in [0.717, 1.165) is 32.5 Å². The second-order valence-corrected chi connectivity index (χ2v) is 9.02. The maximum atomic E-state index is 13.1. The topological polar surface area (TPSA) is 37.3 Å². The van der Waals surface area contributed by atoms with Crippen LogP contribution in [0.2, 0.25) is 0 Å². The molecule has 172 valence electrons. The summed E-state index contributed by atoms with van der Waals surface area (Å²) in [5.41, 5.74) is 4.84. The summed E-state index contributed by atoms with van der Waals surface area (Å²) >= 11 is 0. The molecule has 1 aromatic heterocycles. The lowest BCUT2D eigenvalue weighted by atomic mass is 9.87. The van der Waals surface area contributed by atoms with Crippen molar-refractivity contribution < 1.29 is 4.79 Å². The zero-order chi connectivity index (χ0) is 23.1. The van der Waals surface area contributed by atoms with Crippen molar-refractivity contribution in [3.05, 3.63) is 71.4 Å². The predicted molar refractivity (Wildman–Crippen MR) is 135 cm³/mol. The fourth-order valence-corrected chi connectivity index (χ4v) is 4.70. The molecule has 0 saturated carbocycles. The summed E-state index contributed by atoms with van der Waals surface area (Å²) in [5, 5.41) is 4.49. The normalized spacial score (nSPS) is 13.4. The first-order chi connectivity index (χ1) is 15.4. The van der Waals surface area contributed by atoms with Gasteiger partial charge in [0.05, 0.1) is 0 Å². The maximum Gasteiger partial charge on any atom is 0.221 e. The van der Waals surface area contributed by atoms with Crippen LogP contribution in [0.4, 0.5) is 0 Å². The molecule has 32 heavy (non-hydrogen) atoms. The third kappa shape index (κ3) is 6.01. The Morgan fingerprint density at radius 1 is 1.09 bits per heavy atom. The van der Waals surface area contributed by atoms with Crippen LogP contribution >= 0.6 is 0 Å². The molecule has 4 heteroatoms. The highest BCUT2D eigenvalue weighted by Crippen LogP contribution is 2.34. The van der Waals surface area contributed by atoms with E-state index < -0.39 is 0 Å². The van der Waals surface area contributed by atoms with E-state index in [-0.39, 0.29) is 17.9 Å². The van der Waals surface area contributed by atoms with Gasteiger partial charge in [0, 0.05) is 42.5 Å². The zero-order valence-corrected chi connectivity index (χ0v) is 20.4. The highest BCUT2D eigenvalue weighted by molar-refractivity contribution is 5.86. The van der Waals surface area contributed by atoms with E-state index in [1.807, 2.05) is 0 Å². The summed E-state index contributed by atoms with van der Waals surface area (Å²) in [6, 6.07) is 17.2. The Hall–Kier alpha value is -2.59. The van der Waals surface area contributed by atoms with Crippen LogP contribution in [0.5, 0.6) is 0 Å². The molecule has 2 aromatic carbocycles. The van der Waals surface area contributed by atoms with Crippen molar-refractivity contribution in [3.63, 3.8) is 0 Å². The van der Waals surface area contributed by atoms with Crippen LogP contribution in [-0.4, -0.2) is 41.1 Å². The molecule has 1 N–H and O–H groups in total. The summed E-state index contributed by atoms with van der Waals surface area (Å²) in [7, 11) is 2.08. The van der Waals surface area contributed by atoms with Crippen LogP contribution in [0.15, 0.2) is 54.7 Å². The number of fused-ring (bicyclic) bond motifs is 1. The van der Waals surface area contributed by atoms with Crippen LogP contribution in [-0.2, 0) is 11.8 Å². The van der Waals surface area contributed by atoms with Crippen molar-refractivity contribution in [2.24, 2.45) is 7.05 Å². The average molecular weight is 434 g/mol. The van der Waals surface area contributed by atoms with Gasteiger partial charge in [0.25, 0.3) is 0 Å². The second kappa shape index (κ2) is 11.3. The van der Waals surface area contributed by atoms with E-state index in [0.29, 0.717) is 6.42 Å². The smallest absolute Gasteiger partial charge is 0.221 e. The van der Waals surface area contributed by atoms with Crippen molar-refractivity contribution >= 4 is 16.8 Å². The van der Waals surface area contributed by atoms with Crippen molar-refractivity contribution in [1.29, 1.82) is 0 Å². The van der Waals surface area contributed by atoms with Gasteiger partial charge in [-0.05, 0) is 63.5 Å². The first-order valence-electron chi connectivity index (χ1n) is 12.0. The van der Waals surface area contributed by atoms with Gasteiger partial charge >= 0.3 is 0 Å². The second-order valence-electron chi connectivity index (χ2n) is 9.02. The van der Waals surface area contributed by atoms with Gasteiger partial charge in [0.1, 0.15) is 0 Å². The Bertz CT molecular complexity index is 1020. The average Bonchev–Trinajstić information content (AvgIpc) is 3.11. The molecule has 0 aliphatic heterocycles. The molecule has 4 nitrogen and oxygen atoms in total. The van der Waals surface area contributed by atoms with Gasteiger partial charge < -0.3 is 14.8 Å². The summed E-state index contributed by atoms with van der Waals surface area (Å²) in [6.07, 6.45) is 4.76. The highest BCUT2D eigenvalue weighted by Gasteiger charge is 2.23. The molecule has 0 aliphatic carbocycles. The monoisotopic (exact) mass is 433 g/mol. The molecule has 2 unspecified atom stereocenters. The molecule has 3 rings (SSSR count). The molecule has 0 aliphatic rings. The summed E-state index contributed by atoms with van der Waals surface area (Å²) in [6.45, 7) is 11.9. The lowest BCUT2D eigenvalue weighted by Gasteiger charge is -2.21. The van der Waals surface area contributed by atoms with Crippen LogP contribution in [0.25, 0.3) is 10.9 Å². The quantitative estimate of drug-likeness (QED) is 0.425. The molecule has 2 atom stereocenters. The largest absolute Gasteiger partial charge is 0.354 e. The number of aromatic nitrogens is 1. The fourth-order valence-electron chi connectivity index (χ4n) is 4.70. The van der Waals surface area contributed by atoms with E-state index in [1.165, 1.54) is 27.6 Å². The van der Waals surface area contributed by atoms with Crippen LogP contribution in [0.3, 0.4) is 0 Å². The molecule has 3 aromatic rings. The first-order valence-corrected chi connectivity index (χ1v) is 12.0. The minimum atomic E-state index is 0.0314. The zero-order valence-electron chi connectivity index (χ0n) is 20.4. The number of benzene rings is 2. The SMILES string of the molecule is CCN(CC)CCCC(C)NC(=O)CC(c1cccc(C)c1)c1cn(C)c2ccccc12. The molecule has 0 spiro atoms. The van der Waals surface area contributed by atoms with E-state index in [1.54, 1.807) is 0 Å². The van der Waals surface area contributed by atoms with Crippen molar-refractivity contribution in [1.82, 2.24) is 14.8 Å². The summed E-state index contributed by atoms with van der Waals surface area (Å²) < 4.78 is 2.17. The number of hydrogen-bond donors (Lipinski definition) is 1. The Morgan fingerprint density at radius 2 is 1.84 bits per heavy atom. The molecular formula is C28H39N3O. The number of carbonyl (C=O) groups is 1. The summed E-state index contributed by atoms with van der Waals surface area (Å²) in [5.74, 6) is 0.156. The fraction of sp³-hybridized carbons (Fsp3) is 0.464. The van der Waals surface area contributed by atoms with E-state index >= 15 is 0 Å². The van der Waals surface area contributed by atoms with Gasteiger partial charge in [0.15, 0.2) is 0 Å². The minimum absolute atomic E-state index is 0.0314. The third-order valence-corrected chi connectivity index (χ3v) is 6.55. The van der Waals surface area contributed by atoms with E-state index in [2.05, 4.69) is 104 Å². The van der Waals surface area contributed by atoms with Gasteiger partial charge in [-0.15, -0.1) is 0 Å². The molecule has 1 heterocycles. The molecule has 0 bridgehead atoms. The lowest BCUT2D eigenvalue weighted by molar-refractivity contribution is -0.121. The number of rotatable bonds is 11. The van der Waals surface area contributed by atoms with Gasteiger partial charge in [-0.1, -0.05) is 61.9 Å². The predicted octanol–water partition coefficient (Wildman–Crippen LogP) is 5.64. The third-order valence-electron chi connectivity index (χ3n) is 6.55. The van der Waals surface area contributed by atoms with Crippen LogP contribution in [0.1, 0.15) is 62.6 Å². The van der Waals surface area contributed by atoms with E-state index in [9.17, 15) is 4.79 Å². The summed E-state index contributed by atoms with van der Waals surface area (Å²) in [4.78, 5) is 15.6. The number of para-hydroxylation sites is 1. The Labute approximate surface area is 193 Å². The number of nitrogens with zero attached hydrogens (tertiary/aromatic N) is 2. The van der Waals surface area contributed by atoms with Gasteiger partial charge in [-0.3, -0.25) is 4.79 Å². The maximum absolute atomic E-state index is 13.1. The number of aryl methyl sites for hydroxylation is 2. The molecule has 1 amide bonds. The molecule has 0 saturated heterocycles. The number of carbonyl (C=O) groups excluding carboxylic acids is 1. The highest BCUT2D eigenvalue weighted by atomic mass is 16.1. The standard InChI is InChI=1S/C28H39N3O/c1-6-31(7-2)17-11-13-22(4)29-28(32)19-25(23-14-10-12-21(3)18-23)26-20-30(5)27-16-9-8-15-24(26)27/h8-10,12,14-16,18,20,22,25H,6-7,11,13,17,19H2,1-5H3,(H,29,32). The first kappa shape index (κ1) is 24.1. The Kier molecular flexibility index (Phi) is 8.52. The Balaban J connectivity index is 1.76. The number of nitrogens with one attached hydrogen (secondary N) is 1. The van der Waals surface area contributed by atoms with Crippen molar-refractivity contribution in [2.45, 2.75) is 58.9 Å². The van der Waals surface area contributed by atoms with Gasteiger partial charge in [-0.25, -0.2) is 0 Å². The van der Waals surface area contributed by atoms with Gasteiger partial charge in [0.2, 0.25) is 5.91 Å². The lowest BCUT2D eigenvalue weighted by Crippen LogP contribution is -2.34. The Morgan fingerprint density at radius 3 is 2.56 bits per heavy atom. The van der Waals surface area contributed by atoms with Crippen LogP contribution in [0, 0.1) is 6.92 Å². The van der Waals surface area contributed by atoms with Crippen molar-refractivity contribution in [3.8, 4) is 0 Å². The number of hydrogen-bond acceptors (Lipinski definition) is 2. The van der Waals surface area contributed by atoms with Gasteiger partial charge in [-0.2, -0.15) is 0 Å². The minimum Gasteiger partial charge on any atom is -0.354 e. The van der Waals surface area contributed by atoms with Crippen LogP contribution < -0.4 is 5.32 Å². The number of amides is 1. The van der Waals surface area contributed by atoms with Crippen molar-refractivity contribution in [2.75, 3.05) is 19.6 Å². The molecule has 0 radical (unpaired) electrons. The molecular weight excluding hydrogens is 394 g/mol. The van der Waals surface area contributed by atoms with E-state index in [4.69, 9.17) is 0 Å². The molecule has 0 fully saturated rings.